The van der Waals surface area contributed by atoms with Gasteiger partial charge in [0.2, 0.25) is 0 Å². The van der Waals surface area contributed by atoms with E-state index in [1.807, 2.05) is 18.3 Å². The van der Waals surface area contributed by atoms with Crippen molar-refractivity contribution in [3.05, 3.63) is 63.7 Å². The topological polar surface area (TPSA) is 108 Å². The molecule has 1 amide bonds. The number of benzene rings is 2. The minimum Gasteiger partial charge on any atom is -0.482 e. The van der Waals surface area contributed by atoms with Gasteiger partial charge < -0.3 is 14.8 Å². The third kappa shape index (κ3) is 6.48. The number of halogens is 3. The zero-order valence-corrected chi connectivity index (χ0v) is 15.0. The molecule has 154 valence electrons. The van der Waals surface area contributed by atoms with Gasteiger partial charge in [-0.1, -0.05) is 12.1 Å². The lowest BCUT2D eigenvalue weighted by Crippen LogP contribution is -2.24. The monoisotopic (exact) mass is 412 g/mol. The first-order chi connectivity index (χ1) is 13.6. The molecule has 2 aromatic rings. The molecule has 0 saturated carbocycles. The number of carbonyl (C=O) groups excluding carboxylic acids is 2. The van der Waals surface area contributed by atoms with Gasteiger partial charge >= 0.3 is 12.1 Å². The van der Waals surface area contributed by atoms with E-state index in [0.717, 1.165) is 11.6 Å². The van der Waals surface area contributed by atoms with Crippen LogP contribution in [0.15, 0.2) is 42.5 Å². The number of nitrogens with one attached hydrogen (secondary N) is 1. The number of rotatable bonds is 7. The van der Waals surface area contributed by atoms with Crippen LogP contribution in [0.5, 0.6) is 5.75 Å². The molecule has 0 aliphatic carbocycles. The number of aryl methyl sites for hydroxylation is 1. The van der Waals surface area contributed by atoms with E-state index in [0.29, 0.717) is 17.9 Å². The first-order valence-corrected chi connectivity index (χ1v) is 8.07. The average molecular weight is 412 g/mol. The van der Waals surface area contributed by atoms with Gasteiger partial charge in [0.15, 0.2) is 13.2 Å². The maximum Gasteiger partial charge on any atom is 0.416 e. The fourth-order valence-electron chi connectivity index (χ4n) is 2.19. The van der Waals surface area contributed by atoms with E-state index in [4.69, 9.17) is 4.74 Å². The summed E-state index contributed by atoms with van der Waals surface area (Å²) in [6, 6.07) is 8.50. The summed E-state index contributed by atoms with van der Waals surface area (Å²) < 4.78 is 47.9. The van der Waals surface area contributed by atoms with Crippen molar-refractivity contribution in [3.8, 4) is 5.75 Å². The maximum atomic E-state index is 12.7. The minimum atomic E-state index is -4.78. The molecule has 0 unspecified atom stereocenters. The lowest BCUT2D eigenvalue weighted by molar-refractivity contribution is -0.384. The fourth-order valence-corrected chi connectivity index (χ4v) is 2.19. The van der Waals surface area contributed by atoms with E-state index in [2.05, 4.69) is 4.74 Å². The van der Waals surface area contributed by atoms with Gasteiger partial charge in [-0.05, 0) is 36.8 Å². The molecule has 0 aliphatic heterocycles. The second-order valence-electron chi connectivity index (χ2n) is 5.80. The minimum absolute atomic E-state index is 0.303. The molecule has 0 radical (unpaired) electrons. The number of ether oxygens (including phenoxy) is 2. The Morgan fingerprint density at radius 1 is 1.14 bits per heavy atom. The molecule has 8 nitrogen and oxygen atoms in total. The molecule has 2 rings (SSSR count). The Morgan fingerprint density at radius 3 is 2.48 bits per heavy atom. The van der Waals surface area contributed by atoms with E-state index in [-0.39, 0.29) is 0 Å². The van der Waals surface area contributed by atoms with Gasteiger partial charge in [-0.2, -0.15) is 13.2 Å². The number of nitro groups is 1. The predicted molar refractivity (Wildman–Crippen MR) is 94.4 cm³/mol. The Morgan fingerprint density at radius 2 is 1.86 bits per heavy atom. The summed E-state index contributed by atoms with van der Waals surface area (Å²) in [5.74, 6) is -1.41. The normalized spacial score (nSPS) is 10.9. The van der Waals surface area contributed by atoms with Crippen molar-refractivity contribution in [2.45, 2.75) is 13.1 Å². The van der Waals surface area contributed by atoms with Crippen molar-refractivity contribution >= 4 is 23.3 Å². The largest absolute Gasteiger partial charge is 0.482 e. The number of hydrogen-bond acceptors (Lipinski definition) is 6. The van der Waals surface area contributed by atoms with Crippen LogP contribution in [-0.4, -0.2) is 30.0 Å². The SMILES string of the molecule is Cc1cccc(OCC(=O)OCC(=O)Nc2ccc(C(F)(F)F)cc2[N+](=O)[O-])c1. The molecule has 0 aromatic heterocycles. The Hall–Kier alpha value is -3.63. The third-order valence-corrected chi connectivity index (χ3v) is 3.51. The van der Waals surface area contributed by atoms with Crippen LogP contribution in [0.25, 0.3) is 0 Å². The van der Waals surface area contributed by atoms with Crippen LogP contribution in [0, 0.1) is 17.0 Å². The number of alkyl halides is 3. The van der Waals surface area contributed by atoms with Crippen molar-refractivity contribution in [2.24, 2.45) is 0 Å². The van der Waals surface area contributed by atoms with Crippen molar-refractivity contribution in [1.29, 1.82) is 0 Å². The summed E-state index contributed by atoms with van der Waals surface area (Å²) in [6.07, 6.45) is -4.78. The highest BCUT2D eigenvalue weighted by molar-refractivity contribution is 5.95. The van der Waals surface area contributed by atoms with Crippen LogP contribution < -0.4 is 10.1 Å². The van der Waals surface area contributed by atoms with Gasteiger partial charge in [0.05, 0.1) is 10.5 Å². The summed E-state index contributed by atoms with van der Waals surface area (Å²) in [7, 11) is 0. The zero-order valence-electron chi connectivity index (χ0n) is 15.0. The summed E-state index contributed by atoms with van der Waals surface area (Å²) in [5, 5.41) is 13.0. The third-order valence-electron chi connectivity index (χ3n) is 3.51. The number of nitrogens with zero attached hydrogens (tertiary/aromatic N) is 1. The van der Waals surface area contributed by atoms with Crippen LogP contribution in [0.1, 0.15) is 11.1 Å². The molecular weight excluding hydrogens is 397 g/mol. The lowest BCUT2D eigenvalue weighted by Gasteiger charge is -2.10. The number of amides is 1. The standard InChI is InChI=1S/C18H15F3N2O6/c1-11-3-2-4-13(7-11)28-10-17(25)29-9-16(24)22-14-6-5-12(18(19,20)21)8-15(14)23(26)27/h2-8H,9-10H2,1H3,(H,22,24). The molecule has 11 heteroatoms. The van der Waals surface area contributed by atoms with Crippen LogP contribution in [0.3, 0.4) is 0 Å². The number of carbonyl (C=O) groups is 2. The van der Waals surface area contributed by atoms with Crippen molar-refractivity contribution in [2.75, 3.05) is 18.5 Å². The summed E-state index contributed by atoms with van der Waals surface area (Å²) >= 11 is 0. The van der Waals surface area contributed by atoms with E-state index in [1.165, 1.54) is 0 Å². The summed E-state index contributed by atoms with van der Waals surface area (Å²) in [5.41, 5.74) is -1.72. The van der Waals surface area contributed by atoms with Crippen molar-refractivity contribution in [1.82, 2.24) is 0 Å². The quantitative estimate of drug-likeness (QED) is 0.424. The number of anilines is 1. The molecule has 0 fully saturated rings. The van der Waals surface area contributed by atoms with Gasteiger partial charge in [0, 0.05) is 6.07 Å². The fraction of sp³-hybridized carbons (Fsp3) is 0.222. The second-order valence-corrected chi connectivity index (χ2v) is 5.80. The molecule has 0 saturated heterocycles. The molecule has 0 atom stereocenters. The average Bonchev–Trinajstić information content (AvgIpc) is 2.64. The highest BCUT2D eigenvalue weighted by Gasteiger charge is 2.33. The Bertz CT molecular complexity index is 930. The van der Waals surface area contributed by atoms with Crippen molar-refractivity contribution < 1.29 is 37.2 Å². The molecule has 29 heavy (non-hydrogen) atoms. The van der Waals surface area contributed by atoms with Crippen LogP contribution in [0.2, 0.25) is 0 Å². The van der Waals surface area contributed by atoms with Gasteiger partial charge in [0.1, 0.15) is 11.4 Å². The molecule has 0 heterocycles. The lowest BCUT2D eigenvalue weighted by atomic mass is 10.1. The second kappa shape index (κ2) is 9.04. The van der Waals surface area contributed by atoms with Gasteiger partial charge in [0.25, 0.3) is 11.6 Å². The van der Waals surface area contributed by atoms with Crippen molar-refractivity contribution in [3.63, 3.8) is 0 Å². The molecular formula is C18H15F3N2O6. The van der Waals surface area contributed by atoms with E-state index >= 15 is 0 Å². The molecule has 0 bridgehead atoms. The Labute approximate surface area is 162 Å². The number of hydrogen-bond donors (Lipinski definition) is 1. The smallest absolute Gasteiger partial charge is 0.416 e. The van der Waals surface area contributed by atoms with Crippen LogP contribution in [-0.2, 0) is 20.5 Å². The van der Waals surface area contributed by atoms with Gasteiger partial charge in [-0.15, -0.1) is 0 Å². The summed E-state index contributed by atoms with van der Waals surface area (Å²) in [4.78, 5) is 33.4. The molecule has 1 N–H and O–H groups in total. The van der Waals surface area contributed by atoms with E-state index in [1.54, 1.807) is 18.2 Å². The predicted octanol–water partition coefficient (Wildman–Crippen LogP) is 3.48. The molecule has 0 aliphatic rings. The summed E-state index contributed by atoms with van der Waals surface area (Å²) in [6.45, 7) is 0.557. The van der Waals surface area contributed by atoms with Crippen LogP contribution >= 0.6 is 0 Å². The van der Waals surface area contributed by atoms with E-state index in [9.17, 15) is 32.9 Å². The molecule has 2 aromatic carbocycles. The number of esters is 1. The molecule has 0 spiro atoms. The number of nitro benzene ring substituents is 1. The van der Waals surface area contributed by atoms with Gasteiger partial charge in [-0.25, -0.2) is 4.79 Å². The van der Waals surface area contributed by atoms with E-state index < -0.39 is 53.1 Å². The maximum absolute atomic E-state index is 12.7. The Balaban J connectivity index is 1.91. The first-order valence-electron chi connectivity index (χ1n) is 8.07. The highest BCUT2D eigenvalue weighted by atomic mass is 19.4. The first kappa shape index (κ1) is 21.7. The van der Waals surface area contributed by atoms with Crippen LogP contribution in [0.4, 0.5) is 24.5 Å². The Kier molecular flexibility index (Phi) is 6.75. The van der Waals surface area contributed by atoms with Gasteiger partial charge in [-0.3, -0.25) is 14.9 Å². The zero-order chi connectivity index (χ0) is 21.6. The highest BCUT2D eigenvalue weighted by Crippen LogP contribution is 2.34.